The van der Waals surface area contributed by atoms with Crippen LogP contribution in [0.1, 0.15) is 0 Å². The molecule has 1 nitrogen and oxygen atoms in total. The van der Waals surface area contributed by atoms with Crippen molar-refractivity contribution in [2.24, 2.45) is 0 Å². The van der Waals surface area contributed by atoms with E-state index in [9.17, 15) is 13.6 Å². The summed E-state index contributed by atoms with van der Waals surface area (Å²) in [5, 5.41) is 0. The molecule has 0 bridgehead atoms. The molecule has 0 heterocycles. The predicted molar refractivity (Wildman–Crippen MR) is 24.2 cm³/mol. The molecule has 0 aromatic rings. The number of carbonyl (C=O) groups excluding carboxylic acids is 1. The van der Waals surface area contributed by atoms with E-state index in [0.717, 1.165) is 0 Å². The number of hydrogen-bond acceptors (Lipinski definition) is 1. The van der Waals surface area contributed by atoms with Crippen LogP contribution >= 0.6 is 12.4 Å². The summed E-state index contributed by atoms with van der Waals surface area (Å²) in [7, 11) is 0. The molecule has 0 aromatic carbocycles. The molecule has 0 saturated carbocycles. The smallest absolute Gasteiger partial charge is 0.194 e. The molecular weight excluding hydrogens is 125 g/mol. The maximum absolute atomic E-state index is 10.8. The Morgan fingerprint density at radius 2 is 1.57 bits per heavy atom. The van der Waals surface area contributed by atoms with Crippen molar-refractivity contribution in [3.05, 3.63) is 0 Å². The van der Waals surface area contributed by atoms with Gasteiger partial charge >= 0.3 is 0 Å². The second-order valence-electron chi connectivity index (χ2n) is 0.806. The van der Waals surface area contributed by atoms with E-state index in [1.165, 1.54) is 0 Å². The largest absolute Gasteiger partial charge is 0.294 e. The molecule has 0 aliphatic carbocycles. The van der Waals surface area contributed by atoms with Crippen molar-refractivity contribution in [2.45, 2.75) is 0 Å². The highest BCUT2D eigenvalue weighted by Gasteiger charge is 1.93. The van der Waals surface area contributed by atoms with Gasteiger partial charge < -0.3 is 0 Å². The number of Topliss-reactive ketones (excluding diaryl/α,β-unsaturated/α-hetero) is 1. The number of alkyl halides is 2. The zero-order valence-corrected chi connectivity index (χ0v) is 4.30. The monoisotopic (exact) mass is 130 g/mol. The Labute approximate surface area is 46.1 Å². The van der Waals surface area contributed by atoms with E-state index in [-0.39, 0.29) is 12.4 Å². The van der Waals surface area contributed by atoms with E-state index < -0.39 is 19.1 Å². The summed E-state index contributed by atoms with van der Waals surface area (Å²) in [6.07, 6.45) is 0. The molecule has 0 amide bonds. The maximum atomic E-state index is 10.8. The average Bonchev–Trinajstić information content (AvgIpc) is 1.65. The van der Waals surface area contributed by atoms with Crippen LogP contribution in [0, 0.1) is 0 Å². The van der Waals surface area contributed by atoms with Gasteiger partial charge in [0.05, 0.1) is 0 Å². The summed E-state index contributed by atoms with van der Waals surface area (Å²) in [6, 6.07) is 0. The Bertz CT molecular complexity index is 50.9. The Kier molecular flexibility index (Phi) is 8.27. The van der Waals surface area contributed by atoms with Crippen LogP contribution in [0.4, 0.5) is 8.78 Å². The zero-order chi connectivity index (χ0) is 4.99. The van der Waals surface area contributed by atoms with Gasteiger partial charge in [-0.3, -0.25) is 4.79 Å². The van der Waals surface area contributed by atoms with Gasteiger partial charge in [0.2, 0.25) is 0 Å². The minimum absolute atomic E-state index is 0. The summed E-state index contributed by atoms with van der Waals surface area (Å²) in [4.78, 5) is 9.43. The van der Waals surface area contributed by atoms with Gasteiger partial charge in [0, 0.05) is 0 Å². The lowest BCUT2D eigenvalue weighted by Gasteiger charge is -1.75. The molecular formula is C3H5ClF2O. The standard InChI is InChI=1S/C3H4F2O.ClH/c4-1-3(6)2-5;/h1-2H2;1H. The summed E-state index contributed by atoms with van der Waals surface area (Å²) in [5.41, 5.74) is 0. The van der Waals surface area contributed by atoms with E-state index in [0.29, 0.717) is 0 Å². The van der Waals surface area contributed by atoms with Crippen molar-refractivity contribution >= 4 is 18.2 Å². The number of carbonyl (C=O) groups is 1. The van der Waals surface area contributed by atoms with E-state index in [4.69, 9.17) is 0 Å². The third kappa shape index (κ3) is 5.82. The van der Waals surface area contributed by atoms with Crippen molar-refractivity contribution in [3.63, 3.8) is 0 Å². The quantitative estimate of drug-likeness (QED) is 0.543. The zero-order valence-electron chi connectivity index (χ0n) is 3.49. The van der Waals surface area contributed by atoms with E-state index in [2.05, 4.69) is 0 Å². The summed E-state index contributed by atoms with van der Waals surface area (Å²) in [5.74, 6) is -0.991. The first-order chi connectivity index (χ1) is 2.81. The first-order valence-electron chi connectivity index (χ1n) is 1.45. The highest BCUT2D eigenvalue weighted by molar-refractivity contribution is 5.85. The van der Waals surface area contributed by atoms with Crippen molar-refractivity contribution in [1.82, 2.24) is 0 Å². The summed E-state index contributed by atoms with van der Waals surface area (Å²) < 4.78 is 21.6. The van der Waals surface area contributed by atoms with Crippen LogP contribution in [0.3, 0.4) is 0 Å². The number of halogens is 3. The Hall–Kier alpha value is -0.180. The molecule has 0 saturated heterocycles. The van der Waals surface area contributed by atoms with Gasteiger partial charge in [-0.25, -0.2) is 8.78 Å². The highest BCUT2D eigenvalue weighted by Crippen LogP contribution is 1.72. The predicted octanol–water partition coefficient (Wildman–Crippen LogP) is 0.916. The van der Waals surface area contributed by atoms with Crippen molar-refractivity contribution in [2.75, 3.05) is 13.3 Å². The molecule has 0 rings (SSSR count). The van der Waals surface area contributed by atoms with Gasteiger partial charge in [0.25, 0.3) is 0 Å². The molecule has 0 N–H and O–H groups in total. The first kappa shape index (κ1) is 9.94. The van der Waals surface area contributed by atoms with Crippen LogP contribution in [0.25, 0.3) is 0 Å². The number of hydrogen-bond donors (Lipinski definition) is 0. The molecule has 0 atom stereocenters. The van der Waals surface area contributed by atoms with Gasteiger partial charge in [0.1, 0.15) is 0 Å². The molecule has 4 heteroatoms. The molecule has 0 radical (unpaired) electrons. The topological polar surface area (TPSA) is 17.1 Å². The number of ketones is 1. The minimum atomic E-state index is -1.18. The van der Waals surface area contributed by atoms with Crippen LogP contribution in [0.5, 0.6) is 0 Å². The SMILES string of the molecule is Cl.O=C(CF)CF. The first-order valence-corrected chi connectivity index (χ1v) is 1.45. The molecule has 0 fully saturated rings. The van der Waals surface area contributed by atoms with Crippen LogP contribution in [-0.2, 0) is 4.79 Å². The van der Waals surface area contributed by atoms with Gasteiger partial charge in [-0.2, -0.15) is 0 Å². The maximum Gasteiger partial charge on any atom is 0.194 e. The minimum Gasteiger partial charge on any atom is -0.294 e. The third-order valence-electron chi connectivity index (χ3n) is 0.298. The Morgan fingerprint density at radius 1 is 1.29 bits per heavy atom. The Balaban J connectivity index is 0. The fourth-order valence-electron chi connectivity index (χ4n) is 0.0357. The molecule has 0 aromatic heterocycles. The van der Waals surface area contributed by atoms with Crippen LogP contribution in [-0.4, -0.2) is 19.1 Å². The van der Waals surface area contributed by atoms with Gasteiger partial charge in [-0.1, -0.05) is 0 Å². The van der Waals surface area contributed by atoms with Crippen molar-refractivity contribution < 1.29 is 13.6 Å². The fourth-order valence-corrected chi connectivity index (χ4v) is 0.0357. The van der Waals surface area contributed by atoms with Crippen molar-refractivity contribution in [3.8, 4) is 0 Å². The molecule has 0 unspecified atom stereocenters. The molecule has 7 heavy (non-hydrogen) atoms. The third-order valence-corrected chi connectivity index (χ3v) is 0.298. The van der Waals surface area contributed by atoms with Crippen LogP contribution < -0.4 is 0 Å². The van der Waals surface area contributed by atoms with E-state index in [1.807, 2.05) is 0 Å². The van der Waals surface area contributed by atoms with Crippen molar-refractivity contribution in [1.29, 1.82) is 0 Å². The summed E-state index contributed by atoms with van der Waals surface area (Å²) in [6.45, 7) is -2.37. The second-order valence-corrected chi connectivity index (χ2v) is 0.806. The average molecular weight is 131 g/mol. The normalized spacial score (nSPS) is 7.14. The lowest BCUT2D eigenvalue weighted by Crippen LogP contribution is -2.00. The molecule has 0 spiro atoms. The van der Waals surface area contributed by atoms with E-state index in [1.54, 1.807) is 0 Å². The van der Waals surface area contributed by atoms with Crippen LogP contribution in [0.2, 0.25) is 0 Å². The van der Waals surface area contributed by atoms with Gasteiger partial charge in [-0.05, 0) is 0 Å². The van der Waals surface area contributed by atoms with Crippen LogP contribution in [0.15, 0.2) is 0 Å². The summed E-state index contributed by atoms with van der Waals surface area (Å²) >= 11 is 0. The lowest BCUT2D eigenvalue weighted by molar-refractivity contribution is -0.120. The highest BCUT2D eigenvalue weighted by atomic mass is 35.5. The Morgan fingerprint density at radius 3 is 1.57 bits per heavy atom. The van der Waals surface area contributed by atoms with Gasteiger partial charge in [-0.15, -0.1) is 12.4 Å². The molecule has 0 aliphatic heterocycles. The molecule has 0 aliphatic rings. The fraction of sp³-hybridized carbons (Fsp3) is 0.667. The van der Waals surface area contributed by atoms with E-state index >= 15 is 0 Å². The second kappa shape index (κ2) is 5.82. The molecule has 44 valence electrons. The van der Waals surface area contributed by atoms with Gasteiger partial charge in [0.15, 0.2) is 19.1 Å². The lowest BCUT2D eigenvalue weighted by atomic mass is 10.5. The number of rotatable bonds is 2.